The van der Waals surface area contributed by atoms with Crippen molar-refractivity contribution in [3.05, 3.63) is 23.8 Å². The summed E-state index contributed by atoms with van der Waals surface area (Å²) in [4.78, 5) is 52.5. The summed E-state index contributed by atoms with van der Waals surface area (Å²) >= 11 is 0. The van der Waals surface area contributed by atoms with Crippen molar-refractivity contribution in [3.8, 4) is 6.07 Å². The summed E-state index contributed by atoms with van der Waals surface area (Å²) in [5.41, 5.74) is -0.137. The lowest BCUT2D eigenvalue weighted by Crippen LogP contribution is -2.58. The Morgan fingerprint density at radius 1 is 1.14 bits per heavy atom. The molecule has 0 spiro atoms. The number of hydrogen-bond acceptors (Lipinski definition) is 6. The molecule has 0 unspecified atom stereocenters. The van der Waals surface area contributed by atoms with Crippen LogP contribution in [-0.4, -0.2) is 41.5 Å². The summed E-state index contributed by atoms with van der Waals surface area (Å²) < 4.78 is 5.23. The summed E-state index contributed by atoms with van der Waals surface area (Å²) in [6.07, 6.45) is -0.849. The predicted molar refractivity (Wildman–Crippen MR) is 105 cm³/mol. The number of anilines is 2. The predicted octanol–water partition coefficient (Wildman–Crippen LogP) is 2.09. The third-order valence-electron chi connectivity index (χ3n) is 4.31. The van der Waals surface area contributed by atoms with Gasteiger partial charge >= 0.3 is 6.09 Å². The maximum absolute atomic E-state index is 13.2. The Kier molecular flexibility index (Phi) is 5.97. The minimum absolute atomic E-state index is 0.164. The van der Waals surface area contributed by atoms with Crippen LogP contribution >= 0.6 is 0 Å². The first-order valence-electron chi connectivity index (χ1n) is 9.05. The molecule has 9 heteroatoms. The fourth-order valence-corrected chi connectivity index (χ4v) is 3.21. The van der Waals surface area contributed by atoms with Crippen LogP contribution in [0.3, 0.4) is 0 Å². The highest BCUT2D eigenvalue weighted by molar-refractivity contribution is 6.20. The topological polar surface area (TPSA) is 120 Å². The van der Waals surface area contributed by atoms with E-state index in [0.29, 0.717) is 0 Å². The minimum Gasteiger partial charge on any atom is -0.444 e. The van der Waals surface area contributed by atoms with Gasteiger partial charge in [-0.3, -0.25) is 14.4 Å². The molecule has 0 radical (unpaired) electrons. The van der Waals surface area contributed by atoms with E-state index in [1.807, 2.05) is 6.07 Å². The molecule has 0 fully saturated rings. The van der Waals surface area contributed by atoms with Gasteiger partial charge in [-0.15, -0.1) is 0 Å². The maximum Gasteiger partial charge on any atom is 0.408 e. The van der Waals surface area contributed by atoms with Gasteiger partial charge in [-0.1, -0.05) is 0 Å². The second kappa shape index (κ2) is 7.91. The number of amides is 4. The Bertz CT molecular complexity index is 912. The second-order valence-corrected chi connectivity index (χ2v) is 7.76. The molecule has 9 nitrogen and oxygen atoms in total. The molecule has 1 aromatic carbocycles. The molecule has 29 heavy (non-hydrogen) atoms. The largest absolute Gasteiger partial charge is 0.444 e. The van der Waals surface area contributed by atoms with Crippen molar-refractivity contribution in [2.24, 2.45) is 0 Å². The molecule has 0 aliphatic carbocycles. The van der Waals surface area contributed by atoms with Crippen LogP contribution in [0.2, 0.25) is 0 Å². The van der Waals surface area contributed by atoms with Gasteiger partial charge in [0.2, 0.25) is 11.8 Å². The van der Waals surface area contributed by atoms with Crippen LogP contribution in [0.15, 0.2) is 18.2 Å². The number of ether oxygens (including phenoxy) is 1. The fourth-order valence-electron chi connectivity index (χ4n) is 3.21. The molecule has 1 aliphatic rings. The highest BCUT2D eigenvalue weighted by Gasteiger charge is 2.43. The molecule has 4 amide bonds. The second-order valence-electron chi connectivity index (χ2n) is 7.76. The van der Waals surface area contributed by atoms with E-state index in [1.54, 1.807) is 27.7 Å². The molecule has 0 aromatic heterocycles. The Balaban J connectivity index is 2.62. The van der Waals surface area contributed by atoms with Crippen molar-refractivity contribution >= 4 is 35.2 Å². The standard InChI is InChI=1S/C20H24N4O5/c1-11-17(22-19(28)29-20(4,5)6)18(27)24(13(3)26)15-8-7-14(10-21)9-16(15)23(11)12(2)25/h7-9,11,17H,1-6H3,(H,22,28)/t11-,17-/m0/s1. The Hall–Kier alpha value is -3.41. The summed E-state index contributed by atoms with van der Waals surface area (Å²) in [5, 5.41) is 11.7. The quantitative estimate of drug-likeness (QED) is 0.771. The summed E-state index contributed by atoms with van der Waals surface area (Å²) in [6, 6.07) is 4.22. The lowest BCUT2D eigenvalue weighted by atomic mass is 10.1. The normalized spacial score (nSPS) is 19.0. The van der Waals surface area contributed by atoms with Crippen molar-refractivity contribution < 1.29 is 23.9 Å². The molecule has 0 saturated heterocycles. The van der Waals surface area contributed by atoms with Gasteiger partial charge < -0.3 is 15.0 Å². The van der Waals surface area contributed by atoms with Crippen LogP contribution in [-0.2, 0) is 19.1 Å². The van der Waals surface area contributed by atoms with E-state index in [1.165, 1.54) is 36.9 Å². The molecule has 1 aliphatic heterocycles. The number of alkyl carbamates (subject to hydrolysis) is 1. The van der Waals surface area contributed by atoms with Gasteiger partial charge in [0.1, 0.15) is 11.6 Å². The average molecular weight is 400 g/mol. The van der Waals surface area contributed by atoms with E-state index in [-0.39, 0.29) is 16.9 Å². The first kappa shape index (κ1) is 21.9. The summed E-state index contributed by atoms with van der Waals surface area (Å²) in [5.74, 6) is -1.71. The van der Waals surface area contributed by atoms with Crippen LogP contribution in [0.25, 0.3) is 0 Å². The maximum atomic E-state index is 13.2. The van der Waals surface area contributed by atoms with Gasteiger partial charge in [0.15, 0.2) is 0 Å². The molecular formula is C20H24N4O5. The van der Waals surface area contributed by atoms with Gasteiger partial charge in [0.25, 0.3) is 5.91 Å². The molecule has 0 saturated carbocycles. The molecule has 1 heterocycles. The zero-order chi connectivity index (χ0) is 22.1. The van der Waals surface area contributed by atoms with Crippen molar-refractivity contribution in [2.45, 2.75) is 59.2 Å². The van der Waals surface area contributed by atoms with Gasteiger partial charge in [0, 0.05) is 13.8 Å². The van der Waals surface area contributed by atoms with Crippen molar-refractivity contribution in [1.82, 2.24) is 5.32 Å². The zero-order valence-electron chi connectivity index (χ0n) is 17.3. The summed E-state index contributed by atoms with van der Waals surface area (Å²) in [7, 11) is 0. The monoisotopic (exact) mass is 400 g/mol. The minimum atomic E-state index is -1.24. The lowest BCUT2D eigenvalue weighted by molar-refractivity contribution is -0.126. The first-order valence-corrected chi connectivity index (χ1v) is 9.05. The average Bonchev–Trinajstić information content (AvgIpc) is 2.66. The third kappa shape index (κ3) is 4.54. The van der Waals surface area contributed by atoms with Gasteiger partial charge in [-0.05, 0) is 45.9 Å². The van der Waals surface area contributed by atoms with Crippen molar-refractivity contribution in [3.63, 3.8) is 0 Å². The van der Waals surface area contributed by atoms with E-state index < -0.39 is 41.5 Å². The van der Waals surface area contributed by atoms with E-state index >= 15 is 0 Å². The Morgan fingerprint density at radius 2 is 1.76 bits per heavy atom. The first-order chi connectivity index (χ1) is 13.4. The van der Waals surface area contributed by atoms with E-state index in [0.717, 1.165) is 4.90 Å². The number of nitriles is 1. The van der Waals surface area contributed by atoms with Gasteiger partial charge in [-0.2, -0.15) is 5.26 Å². The smallest absolute Gasteiger partial charge is 0.408 e. The number of nitrogens with zero attached hydrogens (tertiary/aromatic N) is 3. The molecule has 1 aromatic rings. The molecule has 154 valence electrons. The molecule has 2 rings (SSSR count). The SMILES string of the molecule is CC(=O)N1C(=O)[C@@H](NC(=O)OC(C)(C)C)[C@H](C)N(C(C)=O)c2cc(C#N)ccc21. The zero-order valence-corrected chi connectivity index (χ0v) is 17.3. The number of benzene rings is 1. The fraction of sp³-hybridized carbons (Fsp3) is 0.450. The van der Waals surface area contributed by atoms with Crippen LogP contribution in [0.5, 0.6) is 0 Å². The van der Waals surface area contributed by atoms with E-state index in [2.05, 4.69) is 5.32 Å². The van der Waals surface area contributed by atoms with E-state index in [9.17, 15) is 24.4 Å². The van der Waals surface area contributed by atoms with Crippen LogP contribution in [0.1, 0.15) is 47.1 Å². The van der Waals surface area contributed by atoms with Crippen LogP contribution in [0.4, 0.5) is 16.2 Å². The molecular weight excluding hydrogens is 376 g/mol. The number of carbonyl (C=O) groups excluding carboxylic acids is 4. The molecule has 2 atom stereocenters. The number of fused-ring (bicyclic) bond motifs is 1. The van der Waals surface area contributed by atoms with Crippen molar-refractivity contribution in [1.29, 1.82) is 5.26 Å². The summed E-state index contributed by atoms with van der Waals surface area (Å²) in [6.45, 7) is 9.11. The van der Waals surface area contributed by atoms with E-state index in [4.69, 9.17) is 4.74 Å². The highest BCUT2D eigenvalue weighted by atomic mass is 16.6. The Morgan fingerprint density at radius 3 is 2.24 bits per heavy atom. The number of nitrogens with one attached hydrogen (secondary N) is 1. The van der Waals surface area contributed by atoms with Gasteiger partial charge in [0.05, 0.1) is 29.0 Å². The third-order valence-corrected chi connectivity index (χ3v) is 4.31. The van der Waals surface area contributed by atoms with Crippen LogP contribution < -0.4 is 15.1 Å². The highest BCUT2D eigenvalue weighted by Crippen LogP contribution is 2.36. The molecule has 0 bridgehead atoms. The molecule has 1 N–H and O–H groups in total. The Labute approximate surface area is 169 Å². The number of imide groups is 1. The van der Waals surface area contributed by atoms with Crippen LogP contribution in [0, 0.1) is 11.3 Å². The number of carbonyl (C=O) groups is 4. The van der Waals surface area contributed by atoms with Gasteiger partial charge in [-0.25, -0.2) is 9.69 Å². The lowest BCUT2D eigenvalue weighted by Gasteiger charge is -2.31. The van der Waals surface area contributed by atoms with Crippen molar-refractivity contribution in [2.75, 3.05) is 9.80 Å². The number of rotatable bonds is 1. The number of hydrogen-bond donors (Lipinski definition) is 1.